The van der Waals surface area contributed by atoms with E-state index >= 15 is 0 Å². The molecule has 1 aliphatic heterocycles. The summed E-state index contributed by atoms with van der Waals surface area (Å²) in [7, 11) is -1.44. The maximum atomic E-state index is 12.0. The van der Waals surface area contributed by atoms with E-state index in [1.54, 1.807) is 28.9 Å². The van der Waals surface area contributed by atoms with Gasteiger partial charge in [0.2, 0.25) is 10.0 Å². The normalized spacial score (nSPS) is 17.5. The van der Waals surface area contributed by atoms with Gasteiger partial charge in [-0.15, -0.1) is 0 Å². The number of amides is 2. The van der Waals surface area contributed by atoms with Crippen LogP contribution in [0.25, 0.3) is 0 Å². The van der Waals surface area contributed by atoms with Crippen LogP contribution in [-0.4, -0.2) is 65.9 Å². The maximum Gasteiger partial charge on any atom is 0.323 e. The Kier molecular flexibility index (Phi) is 3.76. The minimum absolute atomic E-state index is 0.239. The molecular weight excluding hydrogens is 270 g/mol. The van der Waals surface area contributed by atoms with E-state index in [2.05, 4.69) is 10.4 Å². The van der Waals surface area contributed by atoms with Gasteiger partial charge in [-0.25, -0.2) is 13.2 Å². The van der Waals surface area contributed by atoms with Crippen molar-refractivity contribution in [3.05, 3.63) is 12.3 Å². The van der Waals surface area contributed by atoms with Crippen molar-refractivity contribution in [3.8, 4) is 0 Å². The molecule has 106 valence electrons. The Morgan fingerprint density at radius 2 is 1.95 bits per heavy atom. The highest BCUT2D eigenvalue weighted by Gasteiger charge is 2.26. The molecule has 0 spiro atoms. The smallest absolute Gasteiger partial charge is 0.322 e. The first-order valence-electron chi connectivity index (χ1n) is 5.87. The Morgan fingerprint density at radius 3 is 2.42 bits per heavy atom. The third-order valence-electron chi connectivity index (χ3n) is 3.05. The molecular formula is C10H17N5O3S. The van der Waals surface area contributed by atoms with E-state index in [0.29, 0.717) is 32.0 Å². The molecule has 0 radical (unpaired) electrons. The standard InChI is InChI=1S/C10H17N5O3S/c1-13-9(3-4-11-13)12-10(16)14-5-7-15(8-6-14)19(2,17)18/h3-4H,5-8H2,1-2H3,(H,12,16). The highest BCUT2D eigenvalue weighted by atomic mass is 32.2. The second-order valence-corrected chi connectivity index (χ2v) is 6.40. The Hall–Kier alpha value is -1.61. The lowest BCUT2D eigenvalue weighted by Gasteiger charge is -2.33. The summed E-state index contributed by atoms with van der Waals surface area (Å²) in [6, 6.07) is 1.46. The number of urea groups is 1. The topological polar surface area (TPSA) is 87.5 Å². The lowest BCUT2D eigenvalue weighted by molar-refractivity contribution is 0.184. The predicted molar refractivity (Wildman–Crippen MR) is 70.2 cm³/mol. The SMILES string of the molecule is Cn1nccc1NC(=O)N1CCN(S(C)(=O)=O)CC1. The molecule has 0 aliphatic carbocycles. The predicted octanol–water partition coefficient (Wildman–Crippen LogP) is -0.471. The van der Waals surface area contributed by atoms with E-state index in [9.17, 15) is 13.2 Å². The summed E-state index contributed by atoms with van der Waals surface area (Å²) < 4.78 is 25.7. The molecule has 1 aromatic rings. The summed E-state index contributed by atoms with van der Waals surface area (Å²) in [6.45, 7) is 1.43. The van der Waals surface area contributed by atoms with Crippen molar-refractivity contribution in [1.82, 2.24) is 19.0 Å². The highest BCUT2D eigenvalue weighted by molar-refractivity contribution is 7.88. The zero-order valence-corrected chi connectivity index (χ0v) is 11.7. The molecule has 1 aromatic heterocycles. The Labute approximate surface area is 112 Å². The van der Waals surface area contributed by atoms with Gasteiger partial charge in [-0.3, -0.25) is 10.00 Å². The van der Waals surface area contributed by atoms with Crippen molar-refractivity contribution in [2.75, 3.05) is 37.8 Å². The first kappa shape index (κ1) is 13.8. The Bertz CT molecular complexity index is 559. The monoisotopic (exact) mass is 287 g/mol. The van der Waals surface area contributed by atoms with Gasteiger partial charge in [0.25, 0.3) is 0 Å². The largest absolute Gasteiger partial charge is 0.323 e. The van der Waals surface area contributed by atoms with Gasteiger partial charge in [0.1, 0.15) is 5.82 Å². The number of sulfonamides is 1. The fourth-order valence-corrected chi connectivity index (χ4v) is 2.73. The van der Waals surface area contributed by atoms with Gasteiger partial charge in [0.15, 0.2) is 0 Å². The van der Waals surface area contributed by atoms with E-state index in [-0.39, 0.29) is 6.03 Å². The molecule has 19 heavy (non-hydrogen) atoms. The van der Waals surface area contributed by atoms with Gasteiger partial charge in [0.05, 0.1) is 12.5 Å². The molecule has 2 amide bonds. The number of carbonyl (C=O) groups excluding carboxylic acids is 1. The molecule has 0 saturated carbocycles. The molecule has 1 N–H and O–H groups in total. The molecule has 0 atom stereocenters. The van der Waals surface area contributed by atoms with Crippen LogP contribution in [0.5, 0.6) is 0 Å². The first-order chi connectivity index (χ1) is 8.88. The fourth-order valence-electron chi connectivity index (χ4n) is 1.91. The van der Waals surface area contributed by atoms with Crippen molar-refractivity contribution < 1.29 is 13.2 Å². The zero-order valence-electron chi connectivity index (χ0n) is 10.9. The van der Waals surface area contributed by atoms with Gasteiger partial charge < -0.3 is 4.90 Å². The van der Waals surface area contributed by atoms with Crippen LogP contribution in [0.1, 0.15) is 0 Å². The quantitative estimate of drug-likeness (QED) is 0.796. The summed E-state index contributed by atoms with van der Waals surface area (Å²) >= 11 is 0. The number of anilines is 1. The van der Waals surface area contributed by atoms with Crippen LogP contribution in [0.15, 0.2) is 12.3 Å². The molecule has 0 unspecified atom stereocenters. The molecule has 1 saturated heterocycles. The van der Waals surface area contributed by atoms with Gasteiger partial charge in [-0.2, -0.15) is 9.40 Å². The number of aromatic nitrogens is 2. The number of hydrogen-bond donors (Lipinski definition) is 1. The highest BCUT2D eigenvalue weighted by Crippen LogP contribution is 2.09. The van der Waals surface area contributed by atoms with Crippen LogP contribution in [-0.2, 0) is 17.1 Å². The molecule has 0 bridgehead atoms. The molecule has 1 aliphatic rings. The van der Waals surface area contributed by atoms with Crippen molar-refractivity contribution in [3.63, 3.8) is 0 Å². The van der Waals surface area contributed by atoms with Crippen LogP contribution < -0.4 is 5.32 Å². The summed E-state index contributed by atoms with van der Waals surface area (Å²) in [5.41, 5.74) is 0. The lowest BCUT2D eigenvalue weighted by atomic mass is 10.4. The second-order valence-electron chi connectivity index (χ2n) is 4.42. The van der Waals surface area contributed by atoms with Crippen LogP contribution in [0.3, 0.4) is 0 Å². The van der Waals surface area contributed by atoms with Gasteiger partial charge in [-0.1, -0.05) is 0 Å². The number of carbonyl (C=O) groups is 1. The minimum Gasteiger partial charge on any atom is -0.322 e. The Balaban J connectivity index is 1.91. The molecule has 8 nitrogen and oxygen atoms in total. The average molecular weight is 287 g/mol. The van der Waals surface area contributed by atoms with E-state index in [0.717, 1.165) is 0 Å². The van der Waals surface area contributed by atoms with Crippen molar-refractivity contribution in [2.24, 2.45) is 7.05 Å². The van der Waals surface area contributed by atoms with Crippen LogP contribution in [0, 0.1) is 0 Å². The summed E-state index contributed by atoms with van der Waals surface area (Å²) in [5.74, 6) is 0.607. The summed E-state index contributed by atoms with van der Waals surface area (Å²) in [4.78, 5) is 13.6. The van der Waals surface area contributed by atoms with Gasteiger partial charge >= 0.3 is 6.03 Å². The van der Waals surface area contributed by atoms with Crippen molar-refractivity contribution >= 4 is 21.9 Å². The molecule has 0 aromatic carbocycles. The van der Waals surface area contributed by atoms with Gasteiger partial charge in [-0.05, 0) is 0 Å². The lowest BCUT2D eigenvalue weighted by Crippen LogP contribution is -2.51. The van der Waals surface area contributed by atoms with Crippen LogP contribution in [0.2, 0.25) is 0 Å². The van der Waals surface area contributed by atoms with E-state index in [4.69, 9.17) is 0 Å². The molecule has 9 heteroatoms. The van der Waals surface area contributed by atoms with Crippen LogP contribution >= 0.6 is 0 Å². The molecule has 2 heterocycles. The molecule has 2 rings (SSSR count). The van der Waals surface area contributed by atoms with Crippen LogP contribution in [0.4, 0.5) is 10.6 Å². The summed E-state index contributed by atoms with van der Waals surface area (Å²) in [6.07, 6.45) is 2.77. The number of aryl methyl sites for hydroxylation is 1. The van der Waals surface area contributed by atoms with E-state index < -0.39 is 10.0 Å². The molecule has 1 fully saturated rings. The number of piperazine rings is 1. The van der Waals surface area contributed by atoms with Gasteiger partial charge in [0, 0.05) is 39.3 Å². The maximum absolute atomic E-state index is 12.0. The van der Waals surface area contributed by atoms with E-state index in [1.807, 2.05) is 0 Å². The first-order valence-corrected chi connectivity index (χ1v) is 7.72. The van der Waals surface area contributed by atoms with Crippen molar-refractivity contribution in [1.29, 1.82) is 0 Å². The summed E-state index contributed by atoms with van der Waals surface area (Å²) in [5, 5.41) is 6.69. The number of rotatable bonds is 2. The Morgan fingerprint density at radius 1 is 1.32 bits per heavy atom. The third kappa shape index (κ3) is 3.24. The number of nitrogens with one attached hydrogen (secondary N) is 1. The third-order valence-corrected chi connectivity index (χ3v) is 4.35. The number of hydrogen-bond acceptors (Lipinski definition) is 4. The average Bonchev–Trinajstić information content (AvgIpc) is 2.74. The minimum atomic E-state index is -3.17. The zero-order chi connectivity index (χ0) is 14.0. The fraction of sp³-hybridized carbons (Fsp3) is 0.600. The van der Waals surface area contributed by atoms with Crippen molar-refractivity contribution in [2.45, 2.75) is 0 Å². The number of nitrogens with zero attached hydrogens (tertiary/aromatic N) is 4. The van der Waals surface area contributed by atoms with E-state index in [1.165, 1.54) is 10.6 Å². The second kappa shape index (κ2) is 5.17.